The van der Waals surface area contributed by atoms with Gasteiger partial charge >= 0.3 is 12.1 Å². The first-order chi connectivity index (χ1) is 10.8. The molecule has 0 bridgehead atoms. The lowest BCUT2D eigenvalue weighted by Crippen LogP contribution is -2.42. The molecule has 0 aliphatic heterocycles. The Hall–Kier alpha value is -2.24. The number of rotatable bonds is 4. The second-order valence-electron chi connectivity index (χ2n) is 6.62. The van der Waals surface area contributed by atoms with E-state index in [1.54, 1.807) is 20.8 Å². The molecule has 2 rings (SSSR count). The van der Waals surface area contributed by atoms with Crippen molar-refractivity contribution in [3.8, 4) is 0 Å². The van der Waals surface area contributed by atoms with Crippen LogP contribution in [0, 0.1) is 0 Å². The Morgan fingerprint density at radius 1 is 1.17 bits per heavy atom. The quantitative estimate of drug-likeness (QED) is 0.746. The normalized spacial score (nSPS) is 16.4. The van der Waals surface area contributed by atoms with E-state index in [4.69, 9.17) is 4.74 Å². The largest absolute Gasteiger partial charge is 0.444 e. The zero-order chi connectivity index (χ0) is 16.9. The summed E-state index contributed by atoms with van der Waals surface area (Å²) in [4.78, 5) is 23.4. The molecule has 0 saturated carbocycles. The van der Waals surface area contributed by atoms with Gasteiger partial charge in [-0.05, 0) is 44.7 Å². The number of benzene rings is 1. The van der Waals surface area contributed by atoms with Crippen LogP contribution < -0.4 is 16.0 Å². The molecule has 3 N–H and O–H groups in total. The molecule has 23 heavy (non-hydrogen) atoms. The highest BCUT2D eigenvalue weighted by molar-refractivity contribution is 5.74. The molecule has 0 radical (unpaired) electrons. The van der Waals surface area contributed by atoms with Gasteiger partial charge in [-0.2, -0.15) is 0 Å². The molecule has 0 fully saturated rings. The van der Waals surface area contributed by atoms with Crippen molar-refractivity contribution in [1.82, 2.24) is 16.0 Å². The van der Waals surface area contributed by atoms with Crippen LogP contribution in [0.4, 0.5) is 9.59 Å². The third-order valence-corrected chi connectivity index (χ3v) is 3.52. The Kier molecular flexibility index (Phi) is 5.47. The van der Waals surface area contributed by atoms with Gasteiger partial charge in [-0.1, -0.05) is 24.3 Å². The van der Waals surface area contributed by atoms with E-state index in [2.05, 4.69) is 28.1 Å². The minimum Gasteiger partial charge on any atom is -0.444 e. The zero-order valence-electron chi connectivity index (χ0n) is 13.9. The zero-order valence-corrected chi connectivity index (χ0v) is 13.9. The van der Waals surface area contributed by atoms with Gasteiger partial charge in [0, 0.05) is 13.1 Å². The average Bonchev–Trinajstić information content (AvgIpc) is 2.85. The highest BCUT2D eigenvalue weighted by Gasteiger charge is 2.23. The Morgan fingerprint density at radius 2 is 1.87 bits per heavy atom. The second kappa shape index (κ2) is 7.35. The molecule has 3 amide bonds. The van der Waals surface area contributed by atoms with Gasteiger partial charge in [0.2, 0.25) is 0 Å². The summed E-state index contributed by atoms with van der Waals surface area (Å²) in [5.74, 6) is 0. The smallest absolute Gasteiger partial charge is 0.407 e. The van der Waals surface area contributed by atoms with Gasteiger partial charge in [-0.3, -0.25) is 0 Å². The summed E-state index contributed by atoms with van der Waals surface area (Å²) in [5.41, 5.74) is 1.96. The van der Waals surface area contributed by atoms with Crippen LogP contribution in [-0.2, 0) is 11.2 Å². The Morgan fingerprint density at radius 3 is 2.61 bits per heavy atom. The van der Waals surface area contributed by atoms with Crippen LogP contribution in [0.5, 0.6) is 0 Å². The third kappa shape index (κ3) is 5.47. The Bertz CT molecular complexity index is 566. The fourth-order valence-electron chi connectivity index (χ4n) is 2.57. The van der Waals surface area contributed by atoms with Crippen LogP contribution in [0.1, 0.15) is 44.4 Å². The van der Waals surface area contributed by atoms with Gasteiger partial charge in [0.25, 0.3) is 0 Å². The van der Waals surface area contributed by atoms with Crippen molar-refractivity contribution >= 4 is 12.1 Å². The number of alkyl carbamates (subject to hydrolysis) is 1. The molecular weight excluding hydrogens is 294 g/mol. The summed E-state index contributed by atoms with van der Waals surface area (Å²) >= 11 is 0. The molecule has 0 unspecified atom stereocenters. The van der Waals surface area contributed by atoms with Crippen LogP contribution in [-0.4, -0.2) is 30.8 Å². The third-order valence-electron chi connectivity index (χ3n) is 3.52. The van der Waals surface area contributed by atoms with Crippen molar-refractivity contribution < 1.29 is 14.3 Å². The van der Waals surface area contributed by atoms with Gasteiger partial charge < -0.3 is 20.7 Å². The number of hydrogen-bond acceptors (Lipinski definition) is 3. The minimum atomic E-state index is -0.523. The lowest BCUT2D eigenvalue weighted by atomic mass is 10.1. The number of ether oxygens (including phenoxy) is 1. The van der Waals surface area contributed by atoms with E-state index < -0.39 is 11.7 Å². The van der Waals surface area contributed by atoms with Gasteiger partial charge in [0.1, 0.15) is 5.60 Å². The highest BCUT2D eigenvalue weighted by atomic mass is 16.6. The number of hydrogen-bond donors (Lipinski definition) is 3. The summed E-state index contributed by atoms with van der Waals surface area (Å²) in [6.07, 6.45) is 1.42. The number of amides is 3. The first kappa shape index (κ1) is 17.1. The molecular formula is C17H25N3O3. The summed E-state index contributed by atoms with van der Waals surface area (Å²) in [7, 11) is 0. The molecule has 1 aliphatic rings. The van der Waals surface area contributed by atoms with Crippen molar-refractivity contribution in [2.45, 2.75) is 45.3 Å². The van der Waals surface area contributed by atoms with Crippen molar-refractivity contribution in [2.24, 2.45) is 0 Å². The fraction of sp³-hybridized carbons (Fsp3) is 0.529. The Balaban J connectivity index is 1.66. The van der Waals surface area contributed by atoms with E-state index in [1.165, 1.54) is 11.1 Å². The molecule has 6 heteroatoms. The molecule has 1 aliphatic carbocycles. The maximum Gasteiger partial charge on any atom is 0.407 e. The molecule has 126 valence electrons. The van der Waals surface area contributed by atoms with E-state index in [1.807, 2.05) is 12.1 Å². The number of nitrogens with one attached hydrogen (secondary N) is 3. The van der Waals surface area contributed by atoms with E-state index in [-0.39, 0.29) is 12.1 Å². The molecule has 1 atom stereocenters. The maximum absolute atomic E-state index is 11.9. The maximum atomic E-state index is 11.9. The SMILES string of the molecule is CC(C)(C)OC(=O)NCCNC(=O)N[C@@H]1CCc2ccccc21. The van der Waals surface area contributed by atoms with E-state index in [0.717, 1.165) is 12.8 Å². The van der Waals surface area contributed by atoms with E-state index in [9.17, 15) is 9.59 Å². The summed E-state index contributed by atoms with van der Waals surface area (Å²) in [5, 5.41) is 8.31. The van der Waals surface area contributed by atoms with Crippen molar-refractivity contribution in [3.05, 3.63) is 35.4 Å². The number of aryl methyl sites for hydroxylation is 1. The Labute approximate surface area is 137 Å². The first-order valence-electron chi connectivity index (χ1n) is 7.94. The molecule has 0 saturated heterocycles. The van der Waals surface area contributed by atoms with Crippen molar-refractivity contribution in [1.29, 1.82) is 0 Å². The predicted octanol–water partition coefficient (Wildman–Crippen LogP) is 2.50. The fourth-order valence-corrected chi connectivity index (χ4v) is 2.57. The topological polar surface area (TPSA) is 79.5 Å². The standard InChI is InChI=1S/C17H25N3O3/c1-17(2,3)23-16(22)19-11-10-18-15(21)20-14-9-8-12-6-4-5-7-13(12)14/h4-7,14H,8-11H2,1-3H3,(H,19,22)(H2,18,20,21)/t14-/m1/s1. The van der Waals surface area contributed by atoms with Crippen LogP contribution in [0.2, 0.25) is 0 Å². The van der Waals surface area contributed by atoms with E-state index in [0.29, 0.717) is 13.1 Å². The molecule has 0 aromatic heterocycles. The van der Waals surface area contributed by atoms with Crippen LogP contribution >= 0.6 is 0 Å². The number of urea groups is 1. The predicted molar refractivity (Wildman–Crippen MR) is 88.3 cm³/mol. The molecule has 1 aromatic carbocycles. The number of fused-ring (bicyclic) bond motifs is 1. The van der Waals surface area contributed by atoms with Gasteiger partial charge in [0.15, 0.2) is 0 Å². The van der Waals surface area contributed by atoms with Crippen molar-refractivity contribution in [2.75, 3.05) is 13.1 Å². The lowest BCUT2D eigenvalue weighted by Gasteiger charge is -2.20. The minimum absolute atomic E-state index is 0.0602. The summed E-state index contributed by atoms with van der Waals surface area (Å²) in [6, 6.07) is 7.99. The average molecular weight is 319 g/mol. The summed E-state index contributed by atoms with van der Waals surface area (Å²) < 4.78 is 5.11. The van der Waals surface area contributed by atoms with Gasteiger partial charge in [-0.15, -0.1) is 0 Å². The number of carbonyl (C=O) groups is 2. The number of carbonyl (C=O) groups excluding carboxylic acids is 2. The molecule has 0 spiro atoms. The monoisotopic (exact) mass is 319 g/mol. The lowest BCUT2D eigenvalue weighted by molar-refractivity contribution is 0.0528. The van der Waals surface area contributed by atoms with Crippen LogP contribution in [0.25, 0.3) is 0 Å². The van der Waals surface area contributed by atoms with Crippen molar-refractivity contribution in [3.63, 3.8) is 0 Å². The molecule has 0 heterocycles. The van der Waals surface area contributed by atoms with Gasteiger partial charge in [0.05, 0.1) is 6.04 Å². The van der Waals surface area contributed by atoms with E-state index >= 15 is 0 Å². The second-order valence-corrected chi connectivity index (χ2v) is 6.62. The first-order valence-corrected chi connectivity index (χ1v) is 7.94. The highest BCUT2D eigenvalue weighted by Crippen LogP contribution is 2.30. The molecule has 1 aromatic rings. The molecule has 6 nitrogen and oxygen atoms in total. The van der Waals surface area contributed by atoms with Gasteiger partial charge in [-0.25, -0.2) is 9.59 Å². The summed E-state index contributed by atoms with van der Waals surface area (Å²) in [6.45, 7) is 6.08. The van der Waals surface area contributed by atoms with Crippen LogP contribution in [0.15, 0.2) is 24.3 Å². The van der Waals surface area contributed by atoms with Crippen LogP contribution in [0.3, 0.4) is 0 Å².